The van der Waals surface area contributed by atoms with Crippen molar-refractivity contribution in [2.45, 2.75) is 0 Å². The van der Waals surface area contributed by atoms with Crippen LogP contribution in [0.1, 0.15) is 0 Å². The molecule has 0 bridgehead atoms. The van der Waals surface area contributed by atoms with Crippen molar-refractivity contribution in [3.8, 4) is 22.5 Å². The summed E-state index contributed by atoms with van der Waals surface area (Å²) in [6.45, 7) is 0. The van der Waals surface area contributed by atoms with Crippen LogP contribution in [0, 0.1) is 0 Å². The molecular formula is C36H25N3. The summed E-state index contributed by atoms with van der Waals surface area (Å²) in [5.41, 5.74) is 7.10. The second kappa shape index (κ2) is 9.88. The maximum absolute atomic E-state index is 4.84. The Hall–Kier alpha value is -5.28. The number of anilines is 3. The second-order valence-corrected chi connectivity index (χ2v) is 9.56. The molecule has 2 heterocycles. The Morgan fingerprint density at radius 1 is 0.385 bits per heavy atom. The van der Waals surface area contributed by atoms with Gasteiger partial charge in [-0.05, 0) is 57.9 Å². The average molecular weight is 500 g/mol. The van der Waals surface area contributed by atoms with Crippen LogP contribution < -0.4 is 4.90 Å². The highest BCUT2D eigenvalue weighted by molar-refractivity contribution is 6.08. The van der Waals surface area contributed by atoms with Gasteiger partial charge in [0.1, 0.15) is 0 Å². The number of benzene rings is 5. The van der Waals surface area contributed by atoms with E-state index in [2.05, 4.69) is 108 Å². The van der Waals surface area contributed by atoms with Crippen LogP contribution in [0.15, 0.2) is 152 Å². The summed E-state index contributed by atoms with van der Waals surface area (Å²) in [7, 11) is 0. The van der Waals surface area contributed by atoms with Crippen LogP contribution >= 0.6 is 0 Å². The molecule has 0 radical (unpaired) electrons. The monoisotopic (exact) mass is 499 g/mol. The molecule has 0 atom stereocenters. The molecule has 39 heavy (non-hydrogen) atoms. The van der Waals surface area contributed by atoms with Crippen LogP contribution in [-0.2, 0) is 0 Å². The molecule has 7 aromatic rings. The van der Waals surface area contributed by atoms with Crippen LogP contribution in [0.4, 0.5) is 17.1 Å². The van der Waals surface area contributed by atoms with Gasteiger partial charge in [0.15, 0.2) is 0 Å². The number of hydrogen-bond acceptors (Lipinski definition) is 3. The first-order chi connectivity index (χ1) is 19.3. The van der Waals surface area contributed by atoms with Crippen molar-refractivity contribution < 1.29 is 0 Å². The summed E-state index contributed by atoms with van der Waals surface area (Å²) in [4.78, 5) is 11.9. The summed E-state index contributed by atoms with van der Waals surface area (Å²) >= 11 is 0. The molecule has 184 valence electrons. The van der Waals surface area contributed by atoms with E-state index in [0.717, 1.165) is 39.6 Å². The van der Waals surface area contributed by atoms with E-state index in [4.69, 9.17) is 9.97 Å². The zero-order valence-electron chi connectivity index (χ0n) is 21.3. The van der Waals surface area contributed by atoms with E-state index in [0.29, 0.717) is 0 Å². The first-order valence-electron chi connectivity index (χ1n) is 13.1. The van der Waals surface area contributed by atoms with Gasteiger partial charge in [0.05, 0.1) is 35.2 Å². The first kappa shape index (κ1) is 22.9. The van der Waals surface area contributed by atoms with Crippen molar-refractivity contribution in [1.29, 1.82) is 0 Å². The third-order valence-corrected chi connectivity index (χ3v) is 7.14. The SMILES string of the molecule is c1ccc(-c2ccc(N(c3ccc(-c4ccccc4)nc3)c3ccc4ccc5ccccc5c4c3)cn2)cc1. The molecular weight excluding hydrogens is 474 g/mol. The maximum Gasteiger partial charge on any atom is 0.0703 e. The highest BCUT2D eigenvalue weighted by Crippen LogP contribution is 2.38. The van der Waals surface area contributed by atoms with E-state index in [1.807, 2.05) is 48.8 Å². The standard InChI is InChI=1S/C36H25N3/c1-3-10-28(11-4-1)35-21-19-31(24-37-35)39(32-20-22-36(38-25-32)29-12-5-2-6-13-29)30-18-17-27-16-15-26-9-7-8-14-33(26)34(27)23-30/h1-25H. The second-order valence-electron chi connectivity index (χ2n) is 9.56. The van der Waals surface area contributed by atoms with Crippen LogP contribution in [-0.4, -0.2) is 9.97 Å². The minimum Gasteiger partial charge on any atom is -0.307 e. The van der Waals surface area contributed by atoms with Gasteiger partial charge >= 0.3 is 0 Å². The smallest absolute Gasteiger partial charge is 0.0703 e. The summed E-state index contributed by atoms with van der Waals surface area (Å²) in [5.74, 6) is 0. The van der Waals surface area contributed by atoms with E-state index in [1.54, 1.807) is 0 Å². The minimum atomic E-state index is 0.946. The molecule has 0 N–H and O–H groups in total. The van der Waals surface area contributed by atoms with E-state index < -0.39 is 0 Å². The topological polar surface area (TPSA) is 29.0 Å². The average Bonchev–Trinajstić information content (AvgIpc) is 3.03. The third-order valence-electron chi connectivity index (χ3n) is 7.14. The molecule has 0 amide bonds. The summed E-state index contributed by atoms with van der Waals surface area (Å²) in [6.07, 6.45) is 3.89. The minimum absolute atomic E-state index is 0.946. The number of fused-ring (bicyclic) bond motifs is 3. The molecule has 0 spiro atoms. The molecule has 0 saturated heterocycles. The fourth-order valence-corrected chi connectivity index (χ4v) is 5.17. The van der Waals surface area contributed by atoms with Gasteiger partial charge in [0.25, 0.3) is 0 Å². The molecule has 2 aromatic heterocycles. The van der Waals surface area contributed by atoms with Crippen LogP contribution in [0.25, 0.3) is 44.1 Å². The zero-order valence-corrected chi connectivity index (χ0v) is 21.3. The fraction of sp³-hybridized carbons (Fsp3) is 0. The Morgan fingerprint density at radius 3 is 1.44 bits per heavy atom. The normalized spacial score (nSPS) is 11.1. The van der Waals surface area contributed by atoms with Gasteiger partial charge in [0, 0.05) is 16.8 Å². The molecule has 0 aliphatic carbocycles. The largest absolute Gasteiger partial charge is 0.307 e. The molecule has 7 rings (SSSR count). The van der Waals surface area contributed by atoms with Gasteiger partial charge in [-0.1, -0.05) is 103 Å². The van der Waals surface area contributed by atoms with E-state index in [1.165, 1.54) is 21.5 Å². The van der Waals surface area contributed by atoms with Crippen molar-refractivity contribution >= 4 is 38.6 Å². The highest BCUT2D eigenvalue weighted by atomic mass is 15.2. The van der Waals surface area contributed by atoms with Gasteiger partial charge < -0.3 is 4.90 Å². The Kier molecular flexibility index (Phi) is 5.80. The van der Waals surface area contributed by atoms with Gasteiger partial charge in [-0.3, -0.25) is 9.97 Å². The third kappa shape index (κ3) is 4.41. The van der Waals surface area contributed by atoms with Gasteiger partial charge in [0.2, 0.25) is 0 Å². The summed E-state index contributed by atoms with van der Waals surface area (Å²) < 4.78 is 0. The lowest BCUT2D eigenvalue weighted by atomic mass is 10.0. The number of pyridine rings is 2. The van der Waals surface area contributed by atoms with E-state index in [-0.39, 0.29) is 0 Å². The molecule has 0 aliphatic rings. The lowest BCUT2D eigenvalue weighted by Crippen LogP contribution is -2.10. The molecule has 0 saturated carbocycles. The van der Waals surface area contributed by atoms with Crippen LogP contribution in [0.3, 0.4) is 0 Å². The van der Waals surface area contributed by atoms with Crippen molar-refractivity contribution in [2.24, 2.45) is 0 Å². The quantitative estimate of drug-likeness (QED) is 0.221. The summed E-state index contributed by atoms with van der Waals surface area (Å²) in [6, 6.07) is 48.5. The molecule has 0 fully saturated rings. The molecule has 5 aromatic carbocycles. The lowest BCUT2D eigenvalue weighted by molar-refractivity contribution is 1.20. The fourth-order valence-electron chi connectivity index (χ4n) is 5.17. The Balaban J connectivity index is 1.36. The van der Waals surface area contributed by atoms with Crippen LogP contribution in [0.2, 0.25) is 0 Å². The van der Waals surface area contributed by atoms with Crippen molar-refractivity contribution in [3.05, 3.63) is 152 Å². The number of nitrogens with zero attached hydrogens (tertiary/aromatic N) is 3. The zero-order chi connectivity index (χ0) is 26.0. The predicted octanol–water partition coefficient (Wildman–Crippen LogP) is 9.59. The first-order valence-corrected chi connectivity index (χ1v) is 13.1. The number of rotatable bonds is 5. The van der Waals surface area contributed by atoms with Gasteiger partial charge in [-0.15, -0.1) is 0 Å². The predicted molar refractivity (Wildman–Crippen MR) is 163 cm³/mol. The van der Waals surface area contributed by atoms with E-state index in [9.17, 15) is 0 Å². The molecule has 0 aliphatic heterocycles. The summed E-state index contributed by atoms with van der Waals surface area (Å²) in [5, 5.41) is 4.91. The van der Waals surface area contributed by atoms with Crippen molar-refractivity contribution in [1.82, 2.24) is 9.97 Å². The Labute approximate surface area is 227 Å². The number of aromatic nitrogens is 2. The molecule has 0 unspecified atom stereocenters. The van der Waals surface area contributed by atoms with Crippen LogP contribution in [0.5, 0.6) is 0 Å². The highest BCUT2D eigenvalue weighted by Gasteiger charge is 2.15. The van der Waals surface area contributed by atoms with E-state index >= 15 is 0 Å². The lowest BCUT2D eigenvalue weighted by Gasteiger charge is -2.25. The Bertz CT molecular complexity index is 1800. The molecule has 3 nitrogen and oxygen atoms in total. The van der Waals surface area contributed by atoms with Gasteiger partial charge in [-0.25, -0.2) is 0 Å². The van der Waals surface area contributed by atoms with Crippen molar-refractivity contribution in [3.63, 3.8) is 0 Å². The Morgan fingerprint density at radius 2 is 0.872 bits per heavy atom. The maximum atomic E-state index is 4.84. The molecule has 3 heteroatoms. The number of hydrogen-bond donors (Lipinski definition) is 0. The van der Waals surface area contributed by atoms with Gasteiger partial charge in [-0.2, -0.15) is 0 Å². The van der Waals surface area contributed by atoms with Crippen molar-refractivity contribution in [2.75, 3.05) is 4.90 Å².